The molecular formula is C19H36N2O5. The van der Waals surface area contributed by atoms with Crippen molar-refractivity contribution in [1.82, 2.24) is 10.4 Å². The second kappa shape index (κ2) is 10.4. The van der Waals surface area contributed by atoms with Crippen molar-refractivity contribution in [2.45, 2.75) is 105 Å². The van der Waals surface area contributed by atoms with Gasteiger partial charge in [-0.1, -0.05) is 26.7 Å². The fraction of sp³-hybridized carbons (Fsp3) is 0.842. The standard InChI is InChI=1S/C19H36N2O5/c1-9-11-13-15(22)14(12-10-2)21(17(24)26-19(6,7)8)20-16(23)25-18(3,4)5/h14H,9-13H2,1-8H3,(H,20,23). The molecule has 0 aliphatic rings. The van der Waals surface area contributed by atoms with E-state index in [0.717, 1.165) is 17.9 Å². The smallest absolute Gasteiger partial charge is 0.429 e. The Hall–Kier alpha value is -1.79. The van der Waals surface area contributed by atoms with E-state index in [1.165, 1.54) is 0 Å². The molecule has 0 aliphatic heterocycles. The number of carbonyl (C=O) groups is 3. The van der Waals surface area contributed by atoms with Crippen molar-refractivity contribution in [3.8, 4) is 0 Å². The Bertz CT molecular complexity index is 477. The maximum atomic E-state index is 12.6. The van der Waals surface area contributed by atoms with E-state index in [1.807, 2.05) is 13.8 Å². The number of rotatable bonds is 7. The predicted molar refractivity (Wildman–Crippen MR) is 101 cm³/mol. The van der Waals surface area contributed by atoms with Gasteiger partial charge in [-0.25, -0.2) is 20.0 Å². The number of hydrogen-bond donors (Lipinski definition) is 1. The van der Waals surface area contributed by atoms with E-state index >= 15 is 0 Å². The van der Waals surface area contributed by atoms with Crippen molar-refractivity contribution in [2.75, 3.05) is 0 Å². The van der Waals surface area contributed by atoms with Crippen LogP contribution in [0.25, 0.3) is 0 Å². The van der Waals surface area contributed by atoms with Gasteiger partial charge in [-0.3, -0.25) is 4.79 Å². The second-order valence-corrected chi connectivity index (χ2v) is 8.34. The molecule has 0 rings (SSSR count). The average Bonchev–Trinajstić information content (AvgIpc) is 2.44. The van der Waals surface area contributed by atoms with E-state index in [0.29, 0.717) is 19.3 Å². The highest BCUT2D eigenvalue weighted by atomic mass is 16.6. The third-order valence-corrected chi connectivity index (χ3v) is 3.22. The van der Waals surface area contributed by atoms with Gasteiger partial charge >= 0.3 is 12.2 Å². The number of ketones is 1. The highest BCUT2D eigenvalue weighted by Crippen LogP contribution is 2.17. The monoisotopic (exact) mass is 372 g/mol. The Morgan fingerprint density at radius 1 is 0.923 bits per heavy atom. The summed E-state index contributed by atoms with van der Waals surface area (Å²) in [7, 11) is 0. The highest BCUT2D eigenvalue weighted by molar-refractivity contribution is 5.88. The quantitative estimate of drug-likeness (QED) is 0.661. The first-order chi connectivity index (χ1) is 11.8. The molecule has 0 radical (unpaired) electrons. The van der Waals surface area contributed by atoms with E-state index in [9.17, 15) is 14.4 Å². The molecule has 0 aromatic heterocycles. The summed E-state index contributed by atoms with van der Waals surface area (Å²) in [4.78, 5) is 37.5. The minimum absolute atomic E-state index is 0.101. The van der Waals surface area contributed by atoms with Gasteiger partial charge in [-0.05, 0) is 54.4 Å². The molecule has 2 amide bonds. The molecule has 0 saturated carbocycles. The third-order valence-electron chi connectivity index (χ3n) is 3.22. The summed E-state index contributed by atoms with van der Waals surface area (Å²) in [5, 5.41) is 0.987. The number of nitrogens with one attached hydrogen (secondary N) is 1. The molecule has 0 aromatic carbocycles. The van der Waals surface area contributed by atoms with Crippen LogP contribution < -0.4 is 5.43 Å². The van der Waals surface area contributed by atoms with Gasteiger partial charge in [-0.2, -0.15) is 0 Å². The summed E-state index contributed by atoms with van der Waals surface area (Å²) < 4.78 is 10.6. The van der Waals surface area contributed by atoms with Crippen molar-refractivity contribution in [1.29, 1.82) is 0 Å². The van der Waals surface area contributed by atoms with Gasteiger partial charge in [0.1, 0.15) is 17.2 Å². The number of amides is 2. The molecule has 1 atom stereocenters. The van der Waals surface area contributed by atoms with Gasteiger partial charge < -0.3 is 9.47 Å². The number of hydrogen-bond acceptors (Lipinski definition) is 5. The summed E-state index contributed by atoms with van der Waals surface area (Å²) in [6.45, 7) is 14.3. The van der Waals surface area contributed by atoms with Gasteiger partial charge in [0, 0.05) is 6.42 Å². The fourth-order valence-electron chi connectivity index (χ4n) is 2.19. The zero-order valence-electron chi connectivity index (χ0n) is 17.6. The number of nitrogens with zero attached hydrogens (tertiary/aromatic N) is 1. The first-order valence-corrected chi connectivity index (χ1v) is 9.35. The van der Waals surface area contributed by atoms with Crippen molar-refractivity contribution < 1.29 is 23.9 Å². The minimum Gasteiger partial charge on any atom is -0.443 e. The zero-order chi connectivity index (χ0) is 20.5. The summed E-state index contributed by atoms with van der Waals surface area (Å²) in [5.41, 5.74) is 0.933. The predicted octanol–water partition coefficient (Wildman–Crippen LogP) is 4.59. The largest absolute Gasteiger partial charge is 0.443 e. The Labute approximate surface area is 157 Å². The lowest BCUT2D eigenvalue weighted by molar-refractivity contribution is -0.125. The second-order valence-electron chi connectivity index (χ2n) is 8.34. The van der Waals surface area contributed by atoms with Gasteiger partial charge in [0.2, 0.25) is 0 Å². The molecule has 7 nitrogen and oxygen atoms in total. The van der Waals surface area contributed by atoms with E-state index in [4.69, 9.17) is 9.47 Å². The van der Waals surface area contributed by atoms with Gasteiger partial charge in [-0.15, -0.1) is 0 Å². The van der Waals surface area contributed by atoms with Crippen LogP contribution in [0.2, 0.25) is 0 Å². The Morgan fingerprint density at radius 3 is 1.88 bits per heavy atom. The van der Waals surface area contributed by atoms with Gasteiger partial charge in [0.05, 0.1) is 0 Å². The number of unbranched alkanes of at least 4 members (excludes halogenated alkanes) is 1. The number of carbonyl (C=O) groups excluding carboxylic acids is 3. The molecule has 152 valence electrons. The van der Waals surface area contributed by atoms with Crippen LogP contribution in [-0.4, -0.2) is 40.2 Å². The molecule has 1 N–H and O–H groups in total. The van der Waals surface area contributed by atoms with Crippen molar-refractivity contribution in [3.05, 3.63) is 0 Å². The van der Waals surface area contributed by atoms with Crippen LogP contribution in [-0.2, 0) is 14.3 Å². The molecule has 0 fully saturated rings. The van der Waals surface area contributed by atoms with E-state index in [2.05, 4.69) is 5.43 Å². The number of ether oxygens (including phenoxy) is 2. The van der Waals surface area contributed by atoms with Crippen molar-refractivity contribution in [2.24, 2.45) is 0 Å². The van der Waals surface area contributed by atoms with Crippen molar-refractivity contribution in [3.63, 3.8) is 0 Å². The van der Waals surface area contributed by atoms with E-state index in [1.54, 1.807) is 41.5 Å². The summed E-state index contributed by atoms with van der Waals surface area (Å²) in [6.07, 6.45) is 1.48. The van der Waals surface area contributed by atoms with Gasteiger partial charge in [0.25, 0.3) is 0 Å². The molecule has 0 saturated heterocycles. The normalized spacial score (nSPS) is 12.9. The summed E-state index contributed by atoms with van der Waals surface area (Å²) in [5.74, 6) is -0.101. The number of hydrazine groups is 1. The maximum Gasteiger partial charge on any atom is 0.429 e. The van der Waals surface area contributed by atoms with Crippen LogP contribution in [0, 0.1) is 0 Å². The molecule has 0 bridgehead atoms. The molecule has 0 spiro atoms. The van der Waals surface area contributed by atoms with Crippen LogP contribution in [0.4, 0.5) is 9.59 Å². The molecule has 0 heterocycles. The lowest BCUT2D eigenvalue weighted by Crippen LogP contribution is -2.56. The molecule has 26 heavy (non-hydrogen) atoms. The Kier molecular flexibility index (Phi) is 9.67. The Balaban J connectivity index is 5.51. The zero-order valence-corrected chi connectivity index (χ0v) is 17.6. The van der Waals surface area contributed by atoms with E-state index in [-0.39, 0.29) is 5.78 Å². The first-order valence-electron chi connectivity index (χ1n) is 9.35. The summed E-state index contributed by atoms with van der Waals surface area (Å²) >= 11 is 0. The third kappa shape index (κ3) is 10.3. The van der Waals surface area contributed by atoms with Crippen LogP contribution in [0.3, 0.4) is 0 Å². The molecular weight excluding hydrogens is 336 g/mol. The van der Waals surface area contributed by atoms with Crippen LogP contribution in [0.5, 0.6) is 0 Å². The van der Waals surface area contributed by atoms with Crippen LogP contribution in [0.1, 0.15) is 87.5 Å². The molecule has 0 aliphatic carbocycles. The highest BCUT2D eigenvalue weighted by Gasteiger charge is 2.34. The van der Waals surface area contributed by atoms with Crippen LogP contribution >= 0.6 is 0 Å². The van der Waals surface area contributed by atoms with Gasteiger partial charge in [0.15, 0.2) is 5.78 Å². The molecule has 0 aromatic rings. The van der Waals surface area contributed by atoms with Crippen LogP contribution in [0.15, 0.2) is 0 Å². The lowest BCUT2D eigenvalue weighted by atomic mass is 10.0. The maximum absolute atomic E-state index is 12.6. The topological polar surface area (TPSA) is 84.9 Å². The molecule has 7 heteroatoms. The SMILES string of the molecule is CCCCC(=O)C(CCC)N(NC(=O)OC(C)(C)C)C(=O)OC(C)(C)C. The van der Waals surface area contributed by atoms with Crippen molar-refractivity contribution >= 4 is 18.0 Å². The number of Topliss-reactive ketones (excluding diaryl/α,β-unsaturated/α-hetero) is 1. The van der Waals surface area contributed by atoms with E-state index < -0.39 is 29.4 Å². The minimum atomic E-state index is -0.798. The Morgan fingerprint density at radius 2 is 1.46 bits per heavy atom. The summed E-state index contributed by atoms with van der Waals surface area (Å²) in [6, 6.07) is -0.783. The average molecular weight is 373 g/mol. The first kappa shape index (κ1) is 24.2. The fourth-order valence-corrected chi connectivity index (χ4v) is 2.19. The lowest BCUT2D eigenvalue weighted by Gasteiger charge is -2.33. The molecule has 1 unspecified atom stereocenters.